The van der Waals surface area contributed by atoms with Gasteiger partial charge in [-0.3, -0.25) is 4.79 Å². The highest BCUT2D eigenvalue weighted by atomic mass is 16.6. The number of hydrogen-bond donors (Lipinski definition) is 1. The number of rotatable bonds is 3. The smallest absolute Gasteiger partial charge is 0.251 e. The summed E-state index contributed by atoms with van der Waals surface area (Å²) in [5.41, 5.74) is 0. The first-order valence-electron chi connectivity index (χ1n) is 4.60. The molecule has 0 aromatic rings. The molecule has 0 radical (unpaired) electrons. The summed E-state index contributed by atoms with van der Waals surface area (Å²) in [6.45, 7) is 3.39. The summed E-state index contributed by atoms with van der Waals surface area (Å²) in [7, 11) is 0. The Morgan fingerprint density at radius 3 is 3.07 bits per heavy atom. The first-order chi connectivity index (χ1) is 6.74. The summed E-state index contributed by atoms with van der Waals surface area (Å²) in [5.74, 6) is -0.379. The third-order valence-electron chi connectivity index (χ3n) is 1.91. The first-order valence-corrected chi connectivity index (χ1v) is 4.60. The second-order valence-electron chi connectivity index (χ2n) is 3.21. The Morgan fingerprint density at radius 2 is 2.50 bits per heavy atom. The minimum atomic E-state index is -0.519. The molecule has 1 saturated heterocycles. The summed E-state index contributed by atoms with van der Waals surface area (Å²) in [6.07, 6.45) is -0.519. The molecular formula is C9H14N2O3. The van der Waals surface area contributed by atoms with E-state index in [1.807, 2.05) is 6.07 Å². The van der Waals surface area contributed by atoms with Crippen molar-refractivity contribution in [2.24, 2.45) is 5.92 Å². The van der Waals surface area contributed by atoms with Gasteiger partial charge in [0.1, 0.15) is 0 Å². The number of ether oxygens (including phenoxy) is 2. The van der Waals surface area contributed by atoms with Crippen LogP contribution in [0.15, 0.2) is 0 Å². The maximum Gasteiger partial charge on any atom is 0.251 e. The van der Waals surface area contributed by atoms with Gasteiger partial charge in [0.2, 0.25) is 0 Å². The van der Waals surface area contributed by atoms with Gasteiger partial charge >= 0.3 is 0 Å². The van der Waals surface area contributed by atoms with E-state index in [-0.39, 0.29) is 11.8 Å². The summed E-state index contributed by atoms with van der Waals surface area (Å²) in [6, 6.07) is 2.04. The number of carbonyl (C=O) groups excluding carboxylic acids is 1. The molecule has 2 atom stereocenters. The van der Waals surface area contributed by atoms with Crippen LogP contribution in [0.3, 0.4) is 0 Å². The van der Waals surface area contributed by atoms with Crippen LogP contribution in [0.25, 0.3) is 0 Å². The first kappa shape index (κ1) is 11.0. The Bertz CT molecular complexity index is 231. The number of nitriles is 1. The van der Waals surface area contributed by atoms with Crippen LogP contribution in [0.5, 0.6) is 0 Å². The lowest BCUT2D eigenvalue weighted by atomic mass is 10.2. The van der Waals surface area contributed by atoms with E-state index in [9.17, 15) is 4.79 Å². The van der Waals surface area contributed by atoms with Gasteiger partial charge in [-0.05, 0) is 6.92 Å². The molecule has 1 heterocycles. The molecule has 1 aliphatic heterocycles. The van der Waals surface area contributed by atoms with E-state index in [4.69, 9.17) is 14.7 Å². The van der Waals surface area contributed by atoms with E-state index >= 15 is 0 Å². The second kappa shape index (κ2) is 5.58. The molecular weight excluding hydrogens is 184 g/mol. The van der Waals surface area contributed by atoms with Gasteiger partial charge in [-0.15, -0.1) is 0 Å². The van der Waals surface area contributed by atoms with Crippen LogP contribution in [0.1, 0.15) is 6.92 Å². The van der Waals surface area contributed by atoms with Crippen LogP contribution < -0.4 is 5.32 Å². The van der Waals surface area contributed by atoms with E-state index in [2.05, 4.69) is 5.32 Å². The Labute approximate surface area is 83.0 Å². The molecule has 0 aromatic heterocycles. The molecule has 1 aliphatic rings. The van der Waals surface area contributed by atoms with E-state index in [1.54, 1.807) is 6.92 Å². The normalized spacial score (nSPS) is 23.6. The molecule has 0 aromatic carbocycles. The summed E-state index contributed by atoms with van der Waals surface area (Å²) in [5, 5.41) is 11.1. The van der Waals surface area contributed by atoms with Crippen LogP contribution in [-0.4, -0.2) is 38.4 Å². The molecule has 5 nitrogen and oxygen atoms in total. The average Bonchev–Trinajstić information content (AvgIpc) is 2.26. The Morgan fingerprint density at radius 1 is 1.71 bits per heavy atom. The number of amides is 1. The lowest BCUT2D eigenvalue weighted by molar-refractivity contribution is -0.147. The topological polar surface area (TPSA) is 71.4 Å². The van der Waals surface area contributed by atoms with Crippen LogP contribution >= 0.6 is 0 Å². The molecule has 1 fully saturated rings. The number of hydrogen-bond acceptors (Lipinski definition) is 4. The van der Waals surface area contributed by atoms with Crippen molar-refractivity contribution >= 4 is 5.91 Å². The van der Waals surface area contributed by atoms with Crippen molar-refractivity contribution in [3.05, 3.63) is 0 Å². The SMILES string of the molecule is CC(C#N)CNC(=O)C1COCCO1. The fourth-order valence-electron chi connectivity index (χ4n) is 1.05. The van der Waals surface area contributed by atoms with Gasteiger partial charge in [0.25, 0.3) is 5.91 Å². The van der Waals surface area contributed by atoms with Crippen molar-refractivity contribution in [2.75, 3.05) is 26.4 Å². The molecule has 1 amide bonds. The van der Waals surface area contributed by atoms with Gasteiger partial charge in [0, 0.05) is 6.54 Å². The molecule has 0 saturated carbocycles. The number of nitrogens with zero attached hydrogens (tertiary/aromatic N) is 1. The zero-order chi connectivity index (χ0) is 10.4. The van der Waals surface area contributed by atoms with E-state index in [0.717, 1.165) is 0 Å². The molecule has 78 valence electrons. The monoisotopic (exact) mass is 198 g/mol. The largest absolute Gasteiger partial charge is 0.376 e. The van der Waals surface area contributed by atoms with Crippen molar-refractivity contribution in [2.45, 2.75) is 13.0 Å². The maximum absolute atomic E-state index is 11.4. The fraction of sp³-hybridized carbons (Fsp3) is 0.778. The fourth-order valence-corrected chi connectivity index (χ4v) is 1.05. The summed E-state index contributed by atoms with van der Waals surface area (Å²) in [4.78, 5) is 11.4. The zero-order valence-corrected chi connectivity index (χ0v) is 8.16. The van der Waals surface area contributed by atoms with Crippen LogP contribution in [0.2, 0.25) is 0 Å². The Balaban J connectivity index is 2.24. The van der Waals surface area contributed by atoms with Crippen molar-refractivity contribution < 1.29 is 14.3 Å². The molecule has 1 rings (SSSR count). The molecule has 1 N–H and O–H groups in total. The van der Waals surface area contributed by atoms with Crippen molar-refractivity contribution in [1.82, 2.24) is 5.32 Å². The minimum Gasteiger partial charge on any atom is -0.376 e. The van der Waals surface area contributed by atoms with Crippen LogP contribution in [-0.2, 0) is 14.3 Å². The highest BCUT2D eigenvalue weighted by Gasteiger charge is 2.22. The van der Waals surface area contributed by atoms with Crippen LogP contribution in [0, 0.1) is 17.2 Å². The molecule has 14 heavy (non-hydrogen) atoms. The average molecular weight is 198 g/mol. The van der Waals surface area contributed by atoms with Crippen molar-refractivity contribution in [1.29, 1.82) is 5.26 Å². The third kappa shape index (κ3) is 3.32. The molecule has 5 heteroatoms. The molecule has 0 aliphatic carbocycles. The molecule has 0 spiro atoms. The molecule has 2 unspecified atom stereocenters. The lowest BCUT2D eigenvalue weighted by Crippen LogP contribution is -2.43. The third-order valence-corrected chi connectivity index (χ3v) is 1.91. The Hall–Kier alpha value is -1.12. The maximum atomic E-state index is 11.4. The summed E-state index contributed by atoms with van der Waals surface area (Å²) >= 11 is 0. The quantitative estimate of drug-likeness (QED) is 0.674. The van der Waals surface area contributed by atoms with Gasteiger partial charge in [-0.2, -0.15) is 5.26 Å². The van der Waals surface area contributed by atoms with Gasteiger partial charge in [-0.25, -0.2) is 0 Å². The van der Waals surface area contributed by atoms with Gasteiger partial charge in [0.05, 0.1) is 31.8 Å². The van der Waals surface area contributed by atoms with E-state index < -0.39 is 6.10 Å². The van der Waals surface area contributed by atoms with E-state index in [1.165, 1.54) is 0 Å². The van der Waals surface area contributed by atoms with Crippen molar-refractivity contribution in [3.63, 3.8) is 0 Å². The highest BCUT2D eigenvalue weighted by molar-refractivity contribution is 5.81. The summed E-state index contributed by atoms with van der Waals surface area (Å²) < 4.78 is 10.3. The zero-order valence-electron chi connectivity index (χ0n) is 8.16. The minimum absolute atomic E-state index is 0.177. The predicted molar refractivity (Wildman–Crippen MR) is 48.3 cm³/mol. The molecule has 0 bridgehead atoms. The van der Waals surface area contributed by atoms with Crippen LogP contribution in [0.4, 0.5) is 0 Å². The Kier molecular flexibility index (Phi) is 4.36. The predicted octanol–water partition coefficient (Wildman–Crippen LogP) is -0.322. The second-order valence-corrected chi connectivity index (χ2v) is 3.21. The lowest BCUT2D eigenvalue weighted by Gasteiger charge is -2.22. The van der Waals surface area contributed by atoms with E-state index in [0.29, 0.717) is 26.4 Å². The standard InChI is InChI=1S/C9H14N2O3/c1-7(4-10)5-11-9(12)8-6-13-2-3-14-8/h7-8H,2-3,5-6H2,1H3,(H,11,12). The van der Waals surface area contributed by atoms with Crippen molar-refractivity contribution in [3.8, 4) is 6.07 Å². The highest BCUT2D eigenvalue weighted by Crippen LogP contribution is 2.00. The van der Waals surface area contributed by atoms with Gasteiger partial charge in [-0.1, -0.05) is 0 Å². The van der Waals surface area contributed by atoms with Gasteiger partial charge in [0.15, 0.2) is 6.10 Å². The number of carbonyl (C=O) groups is 1. The van der Waals surface area contributed by atoms with Gasteiger partial charge < -0.3 is 14.8 Å². The number of nitrogens with one attached hydrogen (secondary N) is 1.